The molecule has 0 aliphatic carbocycles. The summed E-state index contributed by atoms with van der Waals surface area (Å²) in [6.45, 7) is 5.64. The first-order valence-electron chi connectivity index (χ1n) is 5.95. The van der Waals surface area contributed by atoms with Gasteiger partial charge in [-0.25, -0.2) is 10.7 Å². The van der Waals surface area contributed by atoms with Crippen LogP contribution in [0, 0.1) is 0 Å². The number of carbonyl (C=O) groups excluding carboxylic acids is 1. The van der Waals surface area contributed by atoms with E-state index in [4.69, 9.17) is 10.6 Å². The van der Waals surface area contributed by atoms with E-state index in [1.165, 1.54) is 6.07 Å². The second-order valence-electron chi connectivity index (χ2n) is 5.09. The van der Waals surface area contributed by atoms with Gasteiger partial charge in [0.1, 0.15) is 11.4 Å². The van der Waals surface area contributed by atoms with Crippen molar-refractivity contribution in [1.82, 2.24) is 0 Å². The molecule has 19 heavy (non-hydrogen) atoms. The lowest BCUT2D eigenvalue weighted by Crippen LogP contribution is -2.27. The zero-order valence-electron chi connectivity index (χ0n) is 11.4. The fourth-order valence-corrected chi connectivity index (χ4v) is 1.45. The number of hydrogen-bond acceptors (Lipinski definition) is 5. The van der Waals surface area contributed by atoms with Gasteiger partial charge in [0.15, 0.2) is 0 Å². The summed E-state index contributed by atoms with van der Waals surface area (Å²) in [6, 6.07) is 4.74. The molecular formula is C13H20N2O4. The monoisotopic (exact) mass is 268 g/mol. The Bertz CT molecular complexity index is 441. The van der Waals surface area contributed by atoms with Gasteiger partial charge in [-0.3, -0.25) is 5.32 Å². The zero-order chi connectivity index (χ0) is 14.5. The highest BCUT2D eigenvalue weighted by Gasteiger charge is 2.16. The topological polar surface area (TPSA) is 93.8 Å². The molecule has 0 aromatic heterocycles. The molecule has 1 rings (SSSR count). The van der Waals surface area contributed by atoms with Crippen molar-refractivity contribution in [1.29, 1.82) is 0 Å². The molecule has 0 radical (unpaired) electrons. The summed E-state index contributed by atoms with van der Waals surface area (Å²) in [5.74, 6) is 5.07. The number of anilines is 1. The predicted molar refractivity (Wildman–Crippen MR) is 71.8 cm³/mol. The van der Waals surface area contributed by atoms with Gasteiger partial charge >= 0.3 is 6.09 Å². The fourth-order valence-electron chi connectivity index (χ4n) is 1.45. The minimum atomic E-state index is -0.558. The van der Waals surface area contributed by atoms with Crippen LogP contribution in [-0.4, -0.2) is 23.4 Å². The number of hydrogen-bond donors (Lipinski definition) is 3. The van der Waals surface area contributed by atoms with Gasteiger partial charge in [0.2, 0.25) is 0 Å². The lowest BCUT2D eigenvalue weighted by Gasteiger charge is -2.19. The second kappa shape index (κ2) is 6.40. The summed E-state index contributed by atoms with van der Waals surface area (Å²) in [5, 5.41) is 12.2. The smallest absolute Gasteiger partial charge is 0.412 e. The Hall–Kier alpha value is -1.79. The summed E-state index contributed by atoms with van der Waals surface area (Å²) in [4.78, 5) is 16.1. The minimum absolute atomic E-state index is 0.131. The average Bonchev–Trinajstić information content (AvgIpc) is 2.27. The number of ether oxygens (including phenoxy) is 1. The van der Waals surface area contributed by atoms with Crippen molar-refractivity contribution in [2.45, 2.75) is 32.8 Å². The van der Waals surface area contributed by atoms with Gasteiger partial charge in [0.25, 0.3) is 0 Å². The molecule has 0 saturated carbocycles. The molecule has 6 heteroatoms. The summed E-state index contributed by atoms with van der Waals surface area (Å²) in [7, 11) is 0. The van der Waals surface area contributed by atoms with Gasteiger partial charge in [-0.05, 0) is 44.5 Å². The standard InChI is InChI=1S/C13H20N2O4/c1-13(2,3)19-12(17)15-10-4-5-11(16)9(8-10)6-7-18-14/h4-5,8,16H,6-7,14H2,1-3H3,(H,15,17). The van der Waals surface area contributed by atoms with Crippen LogP contribution in [0.25, 0.3) is 0 Å². The molecule has 0 aliphatic rings. The van der Waals surface area contributed by atoms with Gasteiger partial charge in [-0.2, -0.15) is 0 Å². The van der Waals surface area contributed by atoms with Crippen LogP contribution in [0.2, 0.25) is 0 Å². The van der Waals surface area contributed by atoms with Gasteiger partial charge in [0.05, 0.1) is 6.61 Å². The summed E-state index contributed by atoms with van der Waals surface area (Å²) >= 11 is 0. The van der Waals surface area contributed by atoms with E-state index in [9.17, 15) is 9.90 Å². The van der Waals surface area contributed by atoms with E-state index in [0.29, 0.717) is 17.7 Å². The maximum atomic E-state index is 11.6. The Labute approximate surface area is 112 Å². The lowest BCUT2D eigenvalue weighted by atomic mass is 10.1. The molecular weight excluding hydrogens is 248 g/mol. The van der Waals surface area contributed by atoms with Gasteiger partial charge in [-0.15, -0.1) is 0 Å². The third-order valence-electron chi connectivity index (χ3n) is 2.21. The SMILES string of the molecule is CC(C)(C)OC(=O)Nc1ccc(O)c(CCON)c1. The number of nitrogens with one attached hydrogen (secondary N) is 1. The maximum Gasteiger partial charge on any atom is 0.412 e. The summed E-state index contributed by atoms with van der Waals surface area (Å²) < 4.78 is 5.14. The van der Waals surface area contributed by atoms with Crippen molar-refractivity contribution >= 4 is 11.8 Å². The Morgan fingerprint density at radius 1 is 1.42 bits per heavy atom. The van der Waals surface area contributed by atoms with Crippen LogP contribution >= 0.6 is 0 Å². The van der Waals surface area contributed by atoms with E-state index >= 15 is 0 Å². The average molecular weight is 268 g/mol. The molecule has 0 unspecified atom stereocenters. The Balaban J connectivity index is 2.71. The molecule has 0 fully saturated rings. The zero-order valence-corrected chi connectivity index (χ0v) is 11.4. The third-order valence-corrected chi connectivity index (χ3v) is 2.21. The molecule has 0 aliphatic heterocycles. The Kier molecular flexibility index (Phi) is 5.14. The molecule has 0 saturated heterocycles. The van der Waals surface area contributed by atoms with E-state index in [1.807, 2.05) is 0 Å². The van der Waals surface area contributed by atoms with E-state index in [0.717, 1.165) is 0 Å². The molecule has 4 N–H and O–H groups in total. The highest BCUT2D eigenvalue weighted by molar-refractivity contribution is 5.85. The number of rotatable bonds is 4. The van der Waals surface area contributed by atoms with Crippen molar-refractivity contribution in [3.05, 3.63) is 23.8 Å². The Morgan fingerprint density at radius 3 is 2.68 bits per heavy atom. The number of benzene rings is 1. The molecule has 6 nitrogen and oxygen atoms in total. The van der Waals surface area contributed by atoms with Crippen LogP contribution in [-0.2, 0) is 16.0 Å². The van der Waals surface area contributed by atoms with Crippen LogP contribution < -0.4 is 11.2 Å². The van der Waals surface area contributed by atoms with Crippen molar-refractivity contribution in [2.24, 2.45) is 5.90 Å². The molecule has 0 bridgehead atoms. The first-order valence-corrected chi connectivity index (χ1v) is 5.95. The number of phenols is 1. The molecule has 1 amide bonds. The van der Waals surface area contributed by atoms with Crippen LogP contribution in [0.1, 0.15) is 26.3 Å². The van der Waals surface area contributed by atoms with Gasteiger partial charge in [-0.1, -0.05) is 0 Å². The number of nitrogens with two attached hydrogens (primary N) is 1. The quantitative estimate of drug-likeness (QED) is 0.574. The predicted octanol–water partition coefficient (Wildman–Crippen LogP) is 2.17. The number of carbonyl (C=O) groups is 1. The summed E-state index contributed by atoms with van der Waals surface area (Å²) in [6.07, 6.45) is -0.0918. The highest BCUT2D eigenvalue weighted by atomic mass is 16.6. The molecule has 0 spiro atoms. The number of amides is 1. The largest absolute Gasteiger partial charge is 0.508 e. The summed E-state index contributed by atoms with van der Waals surface area (Å²) in [5.41, 5.74) is 0.620. The van der Waals surface area contributed by atoms with Crippen LogP contribution in [0.15, 0.2) is 18.2 Å². The fraction of sp³-hybridized carbons (Fsp3) is 0.462. The molecule has 0 heterocycles. The van der Waals surface area contributed by atoms with Crippen LogP contribution in [0.4, 0.5) is 10.5 Å². The number of phenolic OH excluding ortho intramolecular Hbond substituents is 1. The third kappa shape index (κ3) is 5.58. The molecule has 0 atom stereocenters. The van der Waals surface area contributed by atoms with E-state index in [1.54, 1.807) is 32.9 Å². The van der Waals surface area contributed by atoms with Crippen LogP contribution in [0.5, 0.6) is 5.75 Å². The molecule has 1 aromatic carbocycles. The molecule has 106 valence electrons. The first-order chi connectivity index (χ1) is 8.81. The number of aromatic hydroxyl groups is 1. The van der Waals surface area contributed by atoms with Gasteiger partial charge in [0, 0.05) is 12.1 Å². The van der Waals surface area contributed by atoms with Crippen molar-refractivity contribution in [2.75, 3.05) is 11.9 Å². The van der Waals surface area contributed by atoms with E-state index in [-0.39, 0.29) is 12.4 Å². The first kappa shape index (κ1) is 15.3. The van der Waals surface area contributed by atoms with Crippen molar-refractivity contribution in [3.63, 3.8) is 0 Å². The van der Waals surface area contributed by atoms with E-state index < -0.39 is 11.7 Å². The molecule has 1 aromatic rings. The Morgan fingerprint density at radius 2 is 2.11 bits per heavy atom. The van der Waals surface area contributed by atoms with Crippen LogP contribution in [0.3, 0.4) is 0 Å². The normalized spacial score (nSPS) is 11.2. The highest BCUT2D eigenvalue weighted by Crippen LogP contribution is 2.22. The maximum absolute atomic E-state index is 11.6. The van der Waals surface area contributed by atoms with Crippen molar-refractivity contribution < 1.29 is 19.5 Å². The van der Waals surface area contributed by atoms with Gasteiger partial charge < -0.3 is 14.7 Å². The van der Waals surface area contributed by atoms with E-state index in [2.05, 4.69) is 10.2 Å². The lowest BCUT2D eigenvalue weighted by molar-refractivity contribution is 0.0636. The van der Waals surface area contributed by atoms with Crippen molar-refractivity contribution in [3.8, 4) is 5.75 Å². The minimum Gasteiger partial charge on any atom is -0.508 e. The second-order valence-corrected chi connectivity index (χ2v) is 5.09.